The number of phenolic OH excluding ortho intramolecular Hbond substituents is 1. The molecule has 324 valence electrons. The van der Waals surface area contributed by atoms with Gasteiger partial charge in [-0.3, -0.25) is 29.6 Å². The second kappa shape index (κ2) is 26.5. The van der Waals surface area contributed by atoms with E-state index in [0.717, 1.165) is 31.9 Å². The highest BCUT2D eigenvalue weighted by molar-refractivity contribution is 5.95. The summed E-state index contributed by atoms with van der Waals surface area (Å²) in [6.07, 6.45) is 17.9. The summed E-state index contributed by atoms with van der Waals surface area (Å²) >= 11 is 0. The van der Waals surface area contributed by atoms with Crippen LogP contribution in [-0.2, 0) is 23.9 Å². The van der Waals surface area contributed by atoms with Crippen LogP contribution in [0.3, 0.4) is 0 Å². The van der Waals surface area contributed by atoms with Crippen LogP contribution in [0.5, 0.6) is 5.75 Å². The topological polar surface area (TPSA) is 212 Å². The minimum absolute atomic E-state index is 0.00354. The van der Waals surface area contributed by atoms with Crippen LogP contribution in [0.15, 0.2) is 34.9 Å². The molecule has 1 aliphatic rings. The molecule has 1 aromatic carbocycles. The summed E-state index contributed by atoms with van der Waals surface area (Å²) < 4.78 is 11.5. The fourth-order valence-electron chi connectivity index (χ4n) is 7.04. The highest BCUT2D eigenvalue weighted by Gasteiger charge is 2.34. The van der Waals surface area contributed by atoms with E-state index < -0.39 is 53.7 Å². The van der Waals surface area contributed by atoms with Crippen molar-refractivity contribution in [3.8, 4) is 17.2 Å². The molecule has 0 aliphatic carbocycles. The molecule has 15 heteroatoms. The van der Waals surface area contributed by atoms with Crippen molar-refractivity contribution in [1.29, 1.82) is 0 Å². The van der Waals surface area contributed by atoms with E-state index in [1.165, 1.54) is 64.4 Å². The lowest BCUT2D eigenvalue weighted by Crippen LogP contribution is -2.50. The molecule has 1 fully saturated rings. The fraction of sp³-hybridized carbons (Fsp3) is 0.674. The van der Waals surface area contributed by atoms with Gasteiger partial charge in [0.25, 0.3) is 11.8 Å². The summed E-state index contributed by atoms with van der Waals surface area (Å²) in [5.74, 6) is -4.08. The van der Waals surface area contributed by atoms with Gasteiger partial charge >= 0.3 is 5.97 Å². The van der Waals surface area contributed by atoms with E-state index in [0.29, 0.717) is 55.1 Å². The minimum Gasteiger partial charge on any atom is -0.507 e. The van der Waals surface area contributed by atoms with Gasteiger partial charge in [0.15, 0.2) is 5.69 Å². The maximum absolute atomic E-state index is 14.0. The van der Waals surface area contributed by atoms with Crippen LogP contribution in [0.1, 0.15) is 160 Å². The minimum atomic E-state index is -1.20. The second-order valence-corrected chi connectivity index (χ2v) is 15.5. The van der Waals surface area contributed by atoms with Gasteiger partial charge < -0.3 is 24.9 Å². The smallest absolute Gasteiger partial charge is 0.328 e. The molecule has 0 radical (unpaired) electrons. The first-order valence-electron chi connectivity index (χ1n) is 21.5. The molecule has 3 rings (SSSR count). The largest absolute Gasteiger partial charge is 0.507 e. The lowest BCUT2D eigenvalue weighted by molar-refractivity contribution is -0.167. The molecular formula is C43H67N5O10. The van der Waals surface area contributed by atoms with Gasteiger partial charge in [0.05, 0.1) is 11.5 Å². The number of aromatic nitrogens is 1. The third-order valence-corrected chi connectivity index (χ3v) is 10.7. The highest BCUT2D eigenvalue weighted by Crippen LogP contribution is 2.28. The van der Waals surface area contributed by atoms with Gasteiger partial charge in [-0.2, -0.15) is 0 Å². The lowest BCUT2D eigenvalue weighted by atomic mass is 9.96. The van der Waals surface area contributed by atoms with E-state index in [9.17, 15) is 39.5 Å². The monoisotopic (exact) mass is 813 g/mol. The molecule has 0 unspecified atom stereocenters. The Bertz CT molecular complexity index is 1570. The molecule has 0 spiro atoms. The molecule has 0 saturated carbocycles. The number of carbonyl (C=O) groups excluding carboxylic acids is 5. The first kappa shape index (κ1) is 47.9. The summed E-state index contributed by atoms with van der Waals surface area (Å²) in [4.78, 5) is 69.5. The van der Waals surface area contributed by atoms with Gasteiger partial charge in [-0.25, -0.2) is 19.9 Å². The van der Waals surface area contributed by atoms with Crippen molar-refractivity contribution >= 4 is 29.6 Å². The SMILES string of the molecule is CCCCCCCCCCCCCCC[C@@H](OC(=O)[C@@H](CCCCN(O)C(C)=O)NC(=O)c1coc(-c2ccccc2O)n1)[C@@H](C)C(=O)N[C@@H]1CCCCN(O)C1=O. The Morgan fingerprint density at radius 3 is 2.19 bits per heavy atom. The van der Waals surface area contributed by atoms with Crippen LogP contribution in [0.4, 0.5) is 0 Å². The average Bonchev–Trinajstić information content (AvgIpc) is 3.65. The molecule has 1 aromatic heterocycles. The number of oxazole rings is 1. The number of hydrogen-bond donors (Lipinski definition) is 5. The van der Waals surface area contributed by atoms with Crippen molar-refractivity contribution in [2.75, 3.05) is 13.1 Å². The predicted molar refractivity (Wildman–Crippen MR) is 217 cm³/mol. The number of para-hydroxylation sites is 1. The first-order valence-corrected chi connectivity index (χ1v) is 21.5. The number of nitrogens with one attached hydrogen (secondary N) is 2. The number of ether oxygens (including phenoxy) is 1. The van der Waals surface area contributed by atoms with Crippen molar-refractivity contribution in [1.82, 2.24) is 25.7 Å². The van der Waals surface area contributed by atoms with Gasteiger partial charge in [-0.15, -0.1) is 0 Å². The normalized spacial score (nSPS) is 15.9. The number of hydrogen-bond acceptors (Lipinski definition) is 11. The van der Waals surface area contributed by atoms with E-state index in [4.69, 9.17) is 9.15 Å². The van der Waals surface area contributed by atoms with Crippen LogP contribution in [-0.4, -0.2) is 91.5 Å². The maximum atomic E-state index is 14.0. The number of nitrogens with zero attached hydrogens (tertiary/aromatic N) is 3. The molecule has 4 amide bonds. The van der Waals surface area contributed by atoms with Gasteiger partial charge in [0.2, 0.25) is 17.7 Å². The number of esters is 1. The number of benzene rings is 1. The van der Waals surface area contributed by atoms with Crippen molar-refractivity contribution in [2.24, 2.45) is 5.92 Å². The van der Waals surface area contributed by atoms with Crippen molar-refractivity contribution in [2.45, 2.75) is 167 Å². The fourth-order valence-corrected chi connectivity index (χ4v) is 7.04. The standard InChI is InChI=1S/C43H67N5O10/c1-4-5-6-7-8-9-10-11-12-13-14-15-16-27-38(31(2)39(51)44-34-24-19-22-29-48(56)42(34)53)58-43(54)35(25-20-21-28-47(55)32(3)49)45-40(52)36-30-57-41(46-36)33-23-17-18-26-37(33)50/h17-18,23,26,30-31,34-35,38,50,55-56H,4-16,19-22,24-25,27-29H2,1-3H3,(H,44,51)(H,45,52)/t31-,34-,35-,38-/m1/s1. The Balaban J connectivity index is 1.69. The Kier molecular flexibility index (Phi) is 21.9. The molecular weight excluding hydrogens is 746 g/mol. The molecule has 2 heterocycles. The Morgan fingerprint density at radius 2 is 1.55 bits per heavy atom. The van der Waals surface area contributed by atoms with E-state index in [1.54, 1.807) is 25.1 Å². The second-order valence-electron chi connectivity index (χ2n) is 15.5. The molecule has 1 saturated heterocycles. The number of rotatable bonds is 27. The predicted octanol–water partition coefficient (Wildman–Crippen LogP) is 7.47. The third-order valence-electron chi connectivity index (χ3n) is 10.7. The summed E-state index contributed by atoms with van der Waals surface area (Å²) in [6, 6.07) is 4.24. The number of unbranched alkanes of at least 4 members (excludes halogenated alkanes) is 13. The molecule has 4 atom stereocenters. The zero-order valence-electron chi connectivity index (χ0n) is 34.8. The molecule has 15 nitrogen and oxygen atoms in total. The van der Waals surface area contributed by atoms with Crippen LogP contribution >= 0.6 is 0 Å². The zero-order valence-corrected chi connectivity index (χ0v) is 34.8. The Labute approximate surface area is 343 Å². The van der Waals surface area contributed by atoms with E-state index in [1.807, 2.05) is 0 Å². The number of carbonyl (C=O) groups is 5. The Hall–Kier alpha value is -4.50. The lowest BCUT2D eigenvalue weighted by Gasteiger charge is -2.28. The van der Waals surface area contributed by atoms with E-state index >= 15 is 0 Å². The number of aromatic hydroxyl groups is 1. The summed E-state index contributed by atoms with van der Waals surface area (Å²) in [5.41, 5.74) is 0.133. The number of amides is 4. The van der Waals surface area contributed by atoms with Gasteiger partial charge in [-0.05, 0) is 63.5 Å². The maximum Gasteiger partial charge on any atom is 0.328 e. The van der Waals surface area contributed by atoms with Crippen molar-refractivity contribution in [3.05, 3.63) is 36.2 Å². The molecule has 5 N–H and O–H groups in total. The molecule has 58 heavy (non-hydrogen) atoms. The van der Waals surface area contributed by atoms with Crippen LogP contribution < -0.4 is 10.6 Å². The van der Waals surface area contributed by atoms with Crippen LogP contribution in [0.2, 0.25) is 0 Å². The summed E-state index contributed by atoms with van der Waals surface area (Å²) in [7, 11) is 0. The van der Waals surface area contributed by atoms with Crippen molar-refractivity contribution in [3.63, 3.8) is 0 Å². The highest BCUT2D eigenvalue weighted by atomic mass is 16.5. The van der Waals surface area contributed by atoms with Gasteiger partial charge in [0, 0.05) is 20.0 Å². The quantitative estimate of drug-likeness (QED) is 0.0258. The molecule has 0 bridgehead atoms. The van der Waals surface area contributed by atoms with E-state index in [-0.39, 0.29) is 42.4 Å². The average molecular weight is 814 g/mol. The third kappa shape index (κ3) is 16.8. The van der Waals surface area contributed by atoms with Gasteiger partial charge in [-0.1, -0.05) is 103 Å². The van der Waals surface area contributed by atoms with E-state index in [2.05, 4.69) is 22.5 Å². The first-order chi connectivity index (χ1) is 27.9. The number of phenols is 1. The molecule has 2 aromatic rings. The summed E-state index contributed by atoms with van der Waals surface area (Å²) in [6.45, 7) is 5.28. The number of hydroxylamine groups is 4. The zero-order chi connectivity index (χ0) is 42.3. The van der Waals surface area contributed by atoms with Crippen LogP contribution in [0.25, 0.3) is 11.5 Å². The summed E-state index contributed by atoms with van der Waals surface area (Å²) in [5, 5.41) is 36.8. The molecule has 1 aliphatic heterocycles. The van der Waals surface area contributed by atoms with Crippen LogP contribution in [0, 0.1) is 5.92 Å². The van der Waals surface area contributed by atoms with Gasteiger partial charge in [0.1, 0.15) is 30.2 Å². The Morgan fingerprint density at radius 1 is 0.931 bits per heavy atom. The van der Waals surface area contributed by atoms with Crippen molar-refractivity contribution < 1.29 is 48.6 Å².